The smallest absolute Gasteiger partial charge is 0.356 e. The summed E-state index contributed by atoms with van der Waals surface area (Å²) in [6.07, 6.45) is 0. The summed E-state index contributed by atoms with van der Waals surface area (Å²) < 4.78 is 25.6. The fourth-order valence-corrected chi connectivity index (χ4v) is 4.13. The molecule has 0 radical (unpaired) electrons. The number of hydrogen-bond acceptors (Lipinski definition) is 5. The van der Waals surface area contributed by atoms with Crippen LogP contribution in [0.25, 0.3) is 0 Å². The van der Waals surface area contributed by atoms with Crippen molar-refractivity contribution in [3.05, 3.63) is 11.2 Å². The van der Waals surface area contributed by atoms with Crippen molar-refractivity contribution in [1.29, 1.82) is 0 Å². The first-order chi connectivity index (χ1) is 8.19. The van der Waals surface area contributed by atoms with E-state index in [1.807, 2.05) is 13.8 Å². The van der Waals surface area contributed by atoms with Crippen molar-refractivity contribution in [2.45, 2.75) is 31.0 Å². The Kier molecular flexibility index (Phi) is 4.46. The average molecular weight is 292 g/mol. The topological polar surface area (TPSA) is 87.6 Å². The number of aromatic nitrogens is 1. The van der Waals surface area contributed by atoms with Gasteiger partial charge in [0.05, 0.1) is 5.51 Å². The van der Waals surface area contributed by atoms with Gasteiger partial charge >= 0.3 is 5.97 Å². The van der Waals surface area contributed by atoms with Crippen LogP contribution in [-0.4, -0.2) is 41.9 Å². The fourth-order valence-electron chi connectivity index (χ4n) is 1.33. The number of sulfonamides is 1. The molecule has 1 aromatic heterocycles. The Morgan fingerprint density at radius 3 is 2.44 bits per heavy atom. The number of thiazole rings is 1. The van der Waals surface area contributed by atoms with Gasteiger partial charge in [-0.05, 0) is 12.8 Å². The molecule has 0 aliphatic heterocycles. The largest absolute Gasteiger partial charge is 0.476 e. The number of carboxylic acid groups (broad SMARTS) is 1. The summed E-state index contributed by atoms with van der Waals surface area (Å²) in [5.41, 5.74) is 0.812. The van der Waals surface area contributed by atoms with E-state index in [9.17, 15) is 13.2 Å². The summed E-state index contributed by atoms with van der Waals surface area (Å²) in [5.74, 6) is -1.20. The van der Waals surface area contributed by atoms with Crippen LogP contribution in [0, 0.1) is 5.92 Å². The maximum absolute atomic E-state index is 12.3. The van der Waals surface area contributed by atoms with Gasteiger partial charge in [-0.3, -0.25) is 0 Å². The van der Waals surface area contributed by atoms with Crippen LogP contribution in [0.15, 0.2) is 9.72 Å². The van der Waals surface area contributed by atoms with E-state index in [1.54, 1.807) is 6.92 Å². The van der Waals surface area contributed by atoms with Gasteiger partial charge in [-0.2, -0.15) is 4.31 Å². The second kappa shape index (κ2) is 5.33. The van der Waals surface area contributed by atoms with Crippen LogP contribution >= 0.6 is 11.3 Å². The summed E-state index contributed by atoms with van der Waals surface area (Å²) in [5, 5.41) is 8.91. The maximum atomic E-state index is 12.3. The lowest BCUT2D eigenvalue weighted by Crippen LogP contribution is -2.38. The van der Waals surface area contributed by atoms with Gasteiger partial charge in [-0.1, -0.05) is 13.8 Å². The summed E-state index contributed by atoms with van der Waals surface area (Å²) in [6, 6.07) is -0.223. The van der Waals surface area contributed by atoms with Crippen LogP contribution in [0.5, 0.6) is 0 Å². The molecular formula is C10H16N2O4S2. The van der Waals surface area contributed by atoms with Gasteiger partial charge in [0.25, 0.3) is 10.0 Å². The minimum Gasteiger partial charge on any atom is -0.476 e. The molecule has 8 heteroatoms. The van der Waals surface area contributed by atoms with E-state index in [0.29, 0.717) is 0 Å². The van der Waals surface area contributed by atoms with Crippen molar-refractivity contribution in [3.63, 3.8) is 0 Å². The Balaban J connectivity index is 3.22. The van der Waals surface area contributed by atoms with Gasteiger partial charge < -0.3 is 5.11 Å². The van der Waals surface area contributed by atoms with Crippen molar-refractivity contribution in [3.8, 4) is 0 Å². The van der Waals surface area contributed by atoms with Crippen molar-refractivity contribution in [1.82, 2.24) is 9.29 Å². The highest BCUT2D eigenvalue weighted by Crippen LogP contribution is 2.26. The zero-order valence-electron chi connectivity index (χ0n) is 10.6. The maximum Gasteiger partial charge on any atom is 0.356 e. The fraction of sp³-hybridized carbons (Fsp3) is 0.600. The van der Waals surface area contributed by atoms with Crippen LogP contribution in [0.1, 0.15) is 31.3 Å². The van der Waals surface area contributed by atoms with Crippen LogP contribution in [0.2, 0.25) is 0 Å². The van der Waals surface area contributed by atoms with E-state index >= 15 is 0 Å². The number of hydrogen-bond donors (Lipinski definition) is 1. The lowest BCUT2D eigenvalue weighted by atomic mass is 10.1. The zero-order chi connectivity index (χ0) is 14.1. The second-order valence-corrected chi connectivity index (χ2v) is 7.35. The molecule has 0 amide bonds. The summed E-state index contributed by atoms with van der Waals surface area (Å²) in [4.78, 5) is 14.5. The molecule has 0 fully saturated rings. The number of carbonyl (C=O) groups is 1. The number of nitrogens with zero attached hydrogens (tertiary/aromatic N) is 2. The first-order valence-corrected chi connectivity index (χ1v) is 7.66. The van der Waals surface area contributed by atoms with E-state index in [1.165, 1.54) is 16.9 Å². The highest BCUT2D eigenvalue weighted by atomic mass is 32.2. The molecule has 102 valence electrons. The first-order valence-electron chi connectivity index (χ1n) is 5.34. The first kappa shape index (κ1) is 15.1. The van der Waals surface area contributed by atoms with E-state index in [-0.39, 0.29) is 16.2 Å². The third kappa shape index (κ3) is 2.70. The van der Waals surface area contributed by atoms with Gasteiger partial charge in [0, 0.05) is 13.1 Å². The quantitative estimate of drug-likeness (QED) is 0.888. The molecule has 18 heavy (non-hydrogen) atoms. The lowest BCUT2D eigenvalue weighted by Gasteiger charge is -2.26. The van der Waals surface area contributed by atoms with Gasteiger partial charge in [-0.15, -0.1) is 11.3 Å². The molecule has 0 saturated carbocycles. The molecule has 1 rings (SSSR count). The van der Waals surface area contributed by atoms with E-state index in [4.69, 9.17) is 5.11 Å². The van der Waals surface area contributed by atoms with E-state index in [2.05, 4.69) is 4.98 Å². The Bertz CT molecular complexity index is 536. The molecule has 1 aromatic rings. The van der Waals surface area contributed by atoms with E-state index < -0.39 is 21.7 Å². The lowest BCUT2D eigenvalue weighted by molar-refractivity contribution is 0.0687. The normalized spacial score (nSPS) is 14.1. The molecule has 0 aromatic carbocycles. The molecular weight excluding hydrogens is 276 g/mol. The van der Waals surface area contributed by atoms with E-state index in [0.717, 1.165) is 11.3 Å². The molecule has 1 N–H and O–H groups in total. The second-order valence-electron chi connectivity index (χ2n) is 4.30. The predicted octanol–water partition coefficient (Wildman–Crippen LogP) is 1.51. The molecule has 0 bridgehead atoms. The molecule has 0 spiro atoms. The standard InChI is InChI=1S/C10H16N2O4S2/c1-6(2)7(3)12(4)18(15,16)10-8(9(13)14)11-5-17-10/h5-7H,1-4H3,(H,13,14). The highest BCUT2D eigenvalue weighted by Gasteiger charge is 2.32. The molecule has 1 unspecified atom stereocenters. The van der Waals surface area contributed by atoms with Crippen LogP contribution in [0.4, 0.5) is 0 Å². The van der Waals surface area contributed by atoms with Gasteiger partial charge in [0.2, 0.25) is 0 Å². The third-order valence-corrected chi connectivity index (χ3v) is 6.18. The molecule has 0 aliphatic rings. The molecule has 1 atom stereocenters. The number of carboxylic acids is 1. The number of rotatable bonds is 5. The Hall–Kier alpha value is -0.990. The summed E-state index contributed by atoms with van der Waals surface area (Å²) in [7, 11) is -2.36. The Morgan fingerprint density at radius 1 is 1.44 bits per heavy atom. The predicted molar refractivity (Wildman–Crippen MR) is 68.3 cm³/mol. The van der Waals surface area contributed by atoms with Crippen molar-refractivity contribution >= 4 is 27.3 Å². The number of aromatic carboxylic acids is 1. The molecule has 0 aliphatic carbocycles. The Labute approximate surface area is 110 Å². The average Bonchev–Trinajstić information content (AvgIpc) is 2.76. The highest BCUT2D eigenvalue weighted by molar-refractivity contribution is 7.91. The summed E-state index contributed by atoms with van der Waals surface area (Å²) >= 11 is 0.821. The minimum absolute atomic E-state index is 0.131. The minimum atomic E-state index is -3.81. The van der Waals surface area contributed by atoms with Gasteiger partial charge in [-0.25, -0.2) is 18.2 Å². The monoisotopic (exact) mass is 292 g/mol. The third-order valence-electron chi connectivity index (χ3n) is 2.89. The van der Waals surface area contributed by atoms with Gasteiger partial charge in [0.1, 0.15) is 0 Å². The van der Waals surface area contributed by atoms with Crippen molar-refractivity contribution in [2.24, 2.45) is 5.92 Å². The zero-order valence-corrected chi connectivity index (χ0v) is 12.2. The molecule has 6 nitrogen and oxygen atoms in total. The summed E-state index contributed by atoms with van der Waals surface area (Å²) in [6.45, 7) is 5.59. The molecule has 1 heterocycles. The Morgan fingerprint density at radius 2 is 2.00 bits per heavy atom. The van der Waals surface area contributed by atoms with Crippen molar-refractivity contribution in [2.75, 3.05) is 7.05 Å². The SMILES string of the molecule is CC(C)C(C)N(C)S(=O)(=O)c1scnc1C(=O)O. The van der Waals surface area contributed by atoms with Gasteiger partial charge in [0.15, 0.2) is 9.90 Å². The van der Waals surface area contributed by atoms with Crippen LogP contribution in [-0.2, 0) is 10.0 Å². The van der Waals surface area contributed by atoms with Crippen molar-refractivity contribution < 1.29 is 18.3 Å². The van der Waals surface area contributed by atoms with Crippen LogP contribution in [0.3, 0.4) is 0 Å². The molecule has 0 saturated heterocycles. The van der Waals surface area contributed by atoms with Crippen LogP contribution < -0.4 is 0 Å².